The number of nitrogens with zero attached hydrogens (tertiary/aromatic N) is 2. The molecule has 1 amide bonds. The van der Waals surface area contributed by atoms with Gasteiger partial charge in [-0.1, -0.05) is 11.6 Å². The molecule has 1 aromatic rings. The number of esters is 1. The average molecular weight is 288 g/mol. The first-order chi connectivity index (χ1) is 8.95. The number of pyridine rings is 1. The van der Waals surface area contributed by atoms with Crippen LogP contribution in [0.15, 0.2) is 12.3 Å². The van der Waals surface area contributed by atoms with Gasteiger partial charge in [0.15, 0.2) is 0 Å². The normalized spacial score (nSPS) is 9.79. The fraction of sp³-hybridized carbons (Fsp3) is 0.300. The number of hydrogen-bond donors (Lipinski definition) is 1. The maximum Gasteiger partial charge on any atom is 0.325 e. The van der Waals surface area contributed by atoms with Crippen LogP contribution in [0.4, 0.5) is 5.69 Å². The lowest BCUT2D eigenvalue weighted by Crippen LogP contribution is -2.31. The van der Waals surface area contributed by atoms with Gasteiger partial charge >= 0.3 is 5.97 Å². The average Bonchev–Trinajstić information content (AvgIpc) is 2.36. The van der Waals surface area contributed by atoms with E-state index in [0.29, 0.717) is 0 Å². The number of hydrogen-bond acceptors (Lipinski definition) is 6. The lowest BCUT2D eigenvalue weighted by molar-refractivity contribution is -0.385. The smallest absolute Gasteiger partial charge is 0.325 e. The number of nitrogens with one attached hydrogen (secondary N) is 1. The Hall–Kier alpha value is -2.22. The molecule has 1 aromatic heterocycles. The fourth-order valence-electron chi connectivity index (χ4n) is 1.16. The van der Waals surface area contributed by atoms with E-state index < -0.39 is 16.8 Å². The molecule has 0 saturated carbocycles. The zero-order chi connectivity index (χ0) is 14.4. The third-order valence-corrected chi connectivity index (χ3v) is 2.28. The van der Waals surface area contributed by atoms with E-state index >= 15 is 0 Å². The molecule has 9 heteroatoms. The van der Waals surface area contributed by atoms with Gasteiger partial charge in [-0.25, -0.2) is 4.98 Å². The maximum absolute atomic E-state index is 11.7. The van der Waals surface area contributed by atoms with E-state index in [2.05, 4.69) is 15.0 Å². The highest BCUT2D eigenvalue weighted by atomic mass is 35.5. The van der Waals surface area contributed by atoms with Crippen molar-refractivity contribution in [2.24, 2.45) is 0 Å². The predicted octanol–water partition coefficient (Wildman–Crippen LogP) is 0.936. The zero-order valence-corrected chi connectivity index (χ0v) is 10.6. The summed E-state index contributed by atoms with van der Waals surface area (Å²) < 4.78 is 4.61. The first-order valence-corrected chi connectivity index (χ1v) is 5.57. The van der Waals surface area contributed by atoms with Crippen LogP contribution in [-0.2, 0) is 9.53 Å². The molecule has 0 bridgehead atoms. The van der Waals surface area contributed by atoms with E-state index in [4.69, 9.17) is 11.6 Å². The molecular formula is C10H10ClN3O5. The van der Waals surface area contributed by atoms with Crippen LogP contribution in [-0.4, -0.2) is 34.9 Å². The van der Waals surface area contributed by atoms with E-state index in [-0.39, 0.29) is 29.6 Å². The lowest BCUT2D eigenvalue weighted by atomic mass is 10.2. The van der Waals surface area contributed by atoms with Crippen molar-refractivity contribution in [1.82, 2.24) is 10.3 Å². The number of carbonyl (C=O) groups is 2. The van der Waals surface area contributed by atoms with Crippen LogP contribution >= 0.6 is 11.6 Å². The van der Waals surface area contributed by atoms with E-state index in [1.165, 1.54) is 0 Å². The molecule has 8 nitrogen and oxygen atoms in total. The van der Waals surface area contributed by atoms with Gasteiger partial charge in [0.2, 0.25) is 0 Å². The summed E-state index contributed by atoms with van der Waals surface area (Å²) in [6.45, 7) is 1.46. The Labute approximate surface area is 112 Å². The van der Waals surface area contributed by atoms with E-state index in [0.717, 1.165) is 12.3 Å². The fourth-order valence-corrected chi connectivity index (χ4v) is 1.34. The number of aromatic nitrogens is 1. The molecular weight excluding hydrogens is 278 g/mol. The standard InChI is InChI=1S/C10H10ClN3O5/c1-2-19-8(15)5-13-10(16)7-3-6(14(17)18)4-12-9(7)11/h3-4H,2,5H2,1H3,(H,13,16). The van der Waals surface area contributed by atoms with Crippen molar-refractivity contribution in [3.05, 3.63) is 33.1 Å². The minimum atomic E-state index is -0.741. The molecule has 0 unspecified atom stereocenters. The van der Waals surface area contributed by atoms with Gasteiger partial charge in [-0.2, -0.15) is 0 Å². The molecule has 0 atom stereocenters. The van der Waals surface area contributed by atoms with Gasteiger partial charge in [0, 0.05) is 6.07 Å². The minimum absolute atomic E-state index is 0.180. The maximum atomic E-state index is 11.7. The van der Waals surface area contributed by atoms with Crippen LogP contribution in [0.3, 0.4) is 0 Å². The van der Waals surface area contributed by atoms with Gasteiger partial charge in [0.05, 0.1) is 17.1 Å². The molecule has 1 heterocycles. The van der Waals surface area contributed by atoms with Crippen molar-refractivity contribution < 1.29 is 19.2 Å². The molecule has 1 rings (SSSR count). The second kappa shape index (κ2) is 6.64. The van der Waals surface area contributed by atoms with Gasteiger partial charge in [-0.15, -0.1) is 0 Å². The van der Waals surface area contributed by atoms with Crippen molar-refractivity contribution in [3.8, 4) is 0 Å². The highest BCUT2D eigenvalue weighted by Gasteiger charge is 2.17. The summed E-state index contributed by atoms with van der Waals surface area (Å²) in [6, 6.07) is 0.982. The van der Waals surface area contributed by atoms with Crippen molar-refractivity contribution in [1.29, 1.82) is 0 Å². The number of nitro groups is 1. The van der Waals surface area contributed by atoms with Crippen LogP contribution in [0, 0.1) is 10.1 Å². The van der Waals surface area contributed by atoms with Gasteiger partial charge in [-0.05, 0) is 6.92 Å². The lowest BCUT2D eigenvalue weighted by Gasteiger charge is -2.05. The summed E-state index contributed by atoms with van der Waals surface area (Å²) >= 11 is 5.66. The first kappa shape index (κ1) is 14.8. The SMILES string of the molecule is CCOC(=O)CNC(=O)c1cc([N+](=O)[O-])cnc1Cl. The monoisotopic (exact) mass is 287 g/mol. The molecule has 0 saturated heterocycles. The molecule has 0 aliphatic rings. The number of amides is 1. The molecule has 102 valence electrons. The summed E-state index contributed by atoms with van der Waals surface area (Å²) in [5, 5.41) is 12.6. The number of ether oxygens (including phenoxy) is 1. The Morgan fingerprint density at radius 3 is 2.84 bits per heavy atom. The van der Waals surface area contributed by atoms with Crippen LogP contribution in [0.2, 0.25) is 5.15 Å². The number of carbonyl (C=O) groups excluding carboxylic acids is 2. The quantitative estimate of drug-likeness (QED) is 0.373. The van der Waals surface area contributed by atoms with Crippen molar-refractivity contribution in [2.45, 2.75) is 6.92 Å². The van der Waals surface area contributed by atoms with Gasteiger partial charge < -0.3 is 10.1 Å². The highest BCUT2D eigenvalue weighted by Crippen LogP contribution is 2.18. The molecule has 0 fully saturated rings. The summed E-state index contributed by atoms with van der Waals surface area (Å²) in [6.07, 6.45) is 0.935. The largest absolute Gasteiger partial charge is 0.465 e. The molecule has 0 aliphatic heterocycles. The van der Waals surface area contributed by atoms with E-state index in [1.807, 2.05) is 0 Å². The predicted molar refractivity (Wildman–Crippen MR) is 64.9 cm³/mol. The molecule has 0 aromatic carbocycles. The molecule has 0 aliphatic carbocycles. The van der Waals surface area contributed by atoms with Crippen molar-refractivity contribution in [2.75, 3.05) is 13.2 Å². The summed E-state index contributed by atoms with van der Waals surface area (Å²) in [7, 11) is 0. The second-order valence-electron chi connectivity index (χ2n) is 3.28. The van der Waals surface area contributed by atoms with Crippen LogP contribution in [0.5, 0.6) is 0 Å². The highest BCUT2D eigenvalue weighted by molar-refractivity contribution is 6.32. The molecule has 0 spiro atoms. The van der Waals surface area contributed by atoms with Crippen molar-refractivity contribution in [3.63, 3.8) is 0 Å². The summed E-state index contributed by atoms with van der Waals surface area (Å²) in [5.74, 6) is -1.36. The number of halogens is 1. The van der Waals surface area contributed by atoms with E-state index in [1.54, 1.807) is 6.92 Å². The van der Waals surface area contributed by atoms with Gasteiger partial charge in [0.1, 0.15) is 17.9 Å². The zero-order valence-electron chi connectivity index (χ0n) is 9.88. The Balaban J connectivity index is 2.79. The molecule has 1 N–H and O–H groups in total. The van der Waals surface area contributed by atoms with Crippen molar-refractivity contribution >= 4 is 29.2 Å². The Kier molecular flexibility index (Phi) is 5.19. The Morgan fingerprint density at radius 1 is 1.58 bits per heavy atom. The summed E-state index contributed by atoms with van der Waals surface area (Å²) in [5.41, 5.74) is -0.550. The van der Waals surface area contributed by atoms with Gasteiger partial charge in [-0.3, -0.25) is 19.7 Å². The Morgan fingerprint density at radius 2 is 2.26 bits per heavy atom. The van der Waals surface area contributed by atoms with Crippen LogP contribution in [0.1, 0.15) is 17.3 Å². The number of rotatable bonds is 5. The van der Waals surface area contributed by atoms with Gasteiger partial charge in [0.25, 0.3) is 11.6 Å². The summed E-state index contributed by atoms with van der Waals surface area (Å²) in [4.78, 5) is 36.1. The third kappa shape index (κ3) is 4.18. The molecule has 19 heavy (non-hydrogen) atoms. The first-order valence-electron chi connectivity index (χ1n) is 5.19. The van der Waals surface area contributed by atoms with Crippen LogP contribution < -0.4 is 5.32 Å². The Bertz CT molecular complexity index is 520. The molecule has 0 radical (unpaired) electrons. The third-order valence-electron chi connectivity index (χ3n) is 1.98. The minimum Gasteiger partial charge on any atom is -0.465 e. The van der Waals surface area contributed by atoms with Crippen LogP contribution in [0.25, 0.3) is 0 Å². The second-order valence-corrected chi connectivity index (χ2v) is 3.63. The van der Waals surface area contributed by atoms with E-state index in [9.17, 15) is 19.7 Å². The topological polar surface area (TPSA) is 111 Å².